The predicted octanol–water partition coefficient (Wildman–Crippen LogP) is 0.767. The van der Waals surface area contributed by atoms with Crippen molar-refractivity contribution < 1.29 is 8.42 Å². The number of hydrogen-bond donors (Lipinski definition) is 1. The van der Waals surface area contributed by atoms with Gasteiger partial charge in [-0.1, -0.05) is 6.07 Å². The molecule has 0 radical (unpaired) electrons. The lowest BCUT2D eigenvalue weighted by molar-refractivity contribution is 0.271. The van der Waals surface area contributed by atoms with Crippen molar-refractivity contribution in [3.05, 3.63) is 41.5 Å². The minimum Gasteiger partial charge on any atom is -0.313 e. The van der Waals surface area contributed by atoms with E-state index < -0.39 is 10.0 Å². The van der Waals surface area contributed by atoms with Crippen LogP contribution in [0.2, 0.25) is 0 Å². The Balaban J connectivity index is 2.06. The summed E-state index contributed by atoms with van der Waals surface area (Å²) in [5.41, 5.74) is 2.09. The quantitative estimate of drug-likeness (QED) is 0.896. The first-order chi connectivity index (χ1) is 10.9. The van der Waals surface area contributed by atoms with Gasteiger partial charge in [0.15, 0.2) is 0 Å². The van der Waals surface area contributed by atoms with Gasteiger partial charge in [0.25, 0.3) is 0 Å². The molecular weight excluding hydrogens is 314 g/mol. The van der Waals surface area contributed by atoms with Crippen LogP contribution >= 0.6 is 0 Å². The minimum atomic E-state index is -3.62. The molecule has 0 spiro atoms. The monoisotopic (exact) mass is 335 g/mol. The summed E-state index contributed by atoms with van der Waals surface area (Å²) in [4.78, 5) is 4.44. The van der Waals surface area contributed by atoms with Gasteiger partial charge in [0.2, 0.25) is 10.0 Å². The Morgan fingerprint density at radius 3 is 2.74 bits per heavy atom. The van der Waals surface area contributed by atoms with E-state index >= 15 is 0 Å². The number of rotatable bonds is 3. The Bertz CT molecular complexity index is 801. The van der Waals surface area contributed by atoms with Crippen molar-refractivity contribution in [3.8, 4) is 0 Å². The lowest BCUT2D eigenvalue weighted by Gasteiger charge is -2.35. The molecule has 1 aliphatic heterocycles. The molecule has 1 N–H and O–H groups in total. The van der Waals surface area contributed by atoms with Gasteiger partial charge in [0.05, 0.1) is 17.4 Å². The number of aryl methyl sites for hydroxylation is 2. The third-order valence-electron chi connectivity index (χ3n) is 4.27. The molecule has 3 rings (SSSR count). The van der Waals surface area contributed by atoms with E-state index in [1.165, 1.54) is 0 Å². The molecule has 2 aromatic rings. The van der Waals surface area contributed by atoms with Crippen molar-refractivity contribution in [1.29, 1.82) is 0 Å². The van der Waals surface area contributed by atoms with Crippen molar-refractivity contribution in [3.63, 3.8) is 0 Å². The standard InChI is InChI=1S/C15H21N5O2S/c1-11-15(12(2)19(3)18-11)23(21,22)20-8-7-17-10-14(20)13-5-4-6-16-9-13/h4-6,9,14,17H,7-8,10H2,1-3H3. The molecule has 1 atom stereocenters. The first kappa shape index (κ1) is 16.1. The average Bonchev–Trinajstić information content (AvgIpc) is 2.81. The van der Waals surface area contributed by atoms with Crippen molar-refractivity contribution in [2.75, 3.05) is 19.6 Å². The van der Waals surface area contributed by atoms with E-state index in [0.717, 1.165) is 5.56 Å². The van der Waals surface area contributed by atoms with Gasteiger partial charge < -0.3 is 5.32 Å². The molecule has 124 valence electrons. The number of piperazine rings is 1. The van der Waals surface area contributed by atoms with Crippen molar-refractivity contribution in [2.45, 2.75) is 24.8 Å². The van der Waals surface area contributed by atoms with Crippen LogP contribution in [0, 0.1) is 13.8 Å². The van der Waals surface area contributed by atoms with E-state index in [1.807, 2.05) is 12.1 Å². The lowest BCUT2D eigenvalue weighted by atomic mass is 10.1. The minimum absolute atomic E-state index is 0.263. The van der Waals surface area contributed by atoms with Crippen LogP contribution in [0.4, 0.5) is 0 Å². The molecule has 7 nitrogen and oxygen atoms in total. The number of aromatic nitrogens is 3. The lowest BCUT2D eigenvalue weighted by Crippen LogP contribution is -2.48. The predicted molar refractivity (Wildman–Crippen MR) is 86.4 cm³/mol. The van der Waals surface area contributed by atoms with Gasteiger partial charge in [0, 0.05) is 39.1 Å². The van der Waals surface area contributed by atoms with E-state index in [0.29, 0.717) is 35.9 Å². The number of sulfonamides is 1. The molecule has 0 aliphatic carbocycles. The molecule has 1 saturated heterocycles. The summed E-state index contributed by atoms with van der Waals surface area (Å²) in [6.07, 6.45) is 3.41. The molecule has 0 bridgehead atoms. The highest BCUT2D eigenvalue weighted by atomic mass is 32.2. The summed E-state index contributed by atoms with van der Waals surface area (Å²) in [7, 11) is -1.86. The molecule has 0 amide bonds. The zero-order valence-corrected chi connectivity index (χ0v) is 14.3. The Labute approximate surface area is 136 Å². The highest BCUT2D eigenvalue weighted by molar-refractivity contribution is 7.89. The van der Waals surface area contributed by atoms with Crippen LogP contribution in [0.5, 0.6) is 0 Å². The number of nitrogens with zero attached hydrogens (tertiary/aromatic N) is 4. The first-order valence-electron chi connectivity index (χ1n) is 7.55. The van der Waals surface area contributed by atoms with Gasteiger partial charge in [-0.3, -0.25) is 9.67 Å². The zero-order chi connectivity index (χ0) is 16.6. The fourth-order valence-corrected chi connectivity index (χ4v) is 5.09. The zero-order valence-electron chi connectivity index (χ0n) is 13.5. The second kappa shape index (κ2) is 6.03. The summed E-state index contributed by atoms with van der Waals surface area (Å²) >= 11 is 0. The fourth-order valence-electron chi connectivity index (χ4n) is 3.08. The smallest absolute Gasteiger partial charge is 0.247 e. The van der Waals surface area contributed by atoms with Crippen molar-refractivity contribution >= 4 is 10.0 Å². The largest absolute Gasteiger partial charge is 0.313 e. The van der Waals surface area contributed by atoms with Crippen LogP contribution in [0.1, 0.15) is 23.0 Å². The molecule has 1 aliphatic rings. The normalized spacial score (nSPS) is 19.9. The van der Waals surface area contributed by atoms with Crippen LogP contribution in [-0.2, 0) is 17.1 Å². The van der Waals surface area contributed by atoms with Gasteiger partial charge in [-0.05, 0) is 25.5 Å². The summed E-state index contributed by atoms with van der Waals surface area (Å²) in [5, 5.41) is 7.52. The van der Waals surface area contributed by atoms with Crippen LogP contribution < -0.4 is 5.32 Å². The third kappa shape index (κ3) is 2.77. The van der Waals surface area contributed by atoms with Gasteiger partial charge >= 0.3 is 0 Å². The van der Waals surface area contributed by atoms with Crippen LogP contribution in [0.15, 0.2) is 29.4 Å². The highest BCUT2D eigenvalue weighted by Crippen LogP contribution is 2.31. The van der Waals surface area contributed by atoms with Crippen LogP contribution in [0.3, 0.4) is 0 Å². The summed E-state index contributed by atoms with van der Waals surface area (Å²) < 4.78 is 29.7. The van der Waals surface area contributed by atoms with Crippen molar-refractivity contribution in [1.82, 2.24) is 24.4 Å². The van der Waals surface area contributed by atoms with E-state index in [9.17, 15) is 8.42 Å². The summed E-state index contributed by atoms with van der Waals surface area (Å²) in [6.45, 7) is 5.16. The number of nitrogens with one attached hydrogen (secondary N) is 1. The van der Waals surface area contributed by atoms with Gasteiger partial charge in [-0.2, -0.15) is 9.40 Å². The van der Waals surface area contributed by atoms with Gasteiger partial charge in [-0.15, -0.1) is 0 Å². The SMILES string of the molecule is Cc1nn(C)c(C)c1S(=O)(=O)N1CCNCC1c1cccnc1. The Morgan fingerprint density at radius 1 is 1.35 bits per heavy atom. The molecule has 8 heteroatoms. The molecule has 0 saturated carbocycles. The molecule has 3 heterocycles. The third-order valence-corrected chi connectivity index (χ3v) is 6.43. The van der Waals surface area contributed by atoms with Crippen LogP contribution in [-0.4, -0.2) is 47.1 Å². The Kier molecular flexibility index (Phi) is 4.22. The van der Waals surface area contributed by atoms with Crippen molar-refractivity contribution in [2.24, 2.45) is 7.05 Å². The first-order valence-corrected chi connectivity index (χ1v) is 8.99. The van der Waals surface area contributed by atoms with E-state index in [2.05, 4.69) is 15.4 Å². The van der Waals surface area contributed by atoms with E-state index in [4.69, 9.17) is 0 Å². The Hall–Kier alpha value is -1.77. The van der Waals surface area contributed by atoms with E-state index in [-0.39, 0.29) is 6.04 Å². The second-order valence-electron chi connectivity index (χ2n) is 5.75. The highest BCUT2D eigenvalue weighted by Gasteiger charge is 2.37. The Morgan fingerprint density at radius 2 is 2.13 bits per heavy atom. The molecule has 0 aromatic carbocycles. The summed E-state index contributed by atoms with van der Waals surface area (Å²) in [6, 6.07) is 3.48. The summed E-state index contributed by atoms with van der Waals surface area (Å²) in [5.74, 6) is 0. The average molecular weight is 335 g/mol. The van der Waals surface area contributed by atoms with Gasteiger partial charge in [0.1, 0.15) is 4.90 Å². The number of pyridine rings is 1. The molecule has 1 unspecified atom stereocenters. The van der Waals surface area contributed by atoms with Gasteiger partial charge in [-0.25, -0.2) is 8.42 Å². The molecule has 2 aromatic heterocycles. The van der Waals surface area contributed by atoms with E-state index in [1.54, 1.807) is 42.3 Å². The maximum atomic E-state index is 13.3. The van der Waals surface area contributed by atoms with Crippen LogP contribution in [0.25, 0.3) is 0 Å². The molecular formula is C15H21N5O2S. The second-order valence-corrected chi connectivity index (χ2v) is 7.57. The molecule has 23 heavy (non-hydrogen) atoms. The maximum Gasteiger partial charge on any atom is 0.247 e. The fraction of sp³-hybridized carbons (Fsp3) is 0.467. The topological polar surface area (TPSA) is 80.1 Å². The maximum absolute atomic E-state index is 13.3. The molecule has 1 fully saturated rings. The number of hydrogen-bond acceptors (Lipinski definition) is 5.